The maximum Gasteiger partial charge on any atom is 0.0320 e. The first-order valence-corrected chi connectivity index (χ1v) is 8.15. The molecule has 3 heteroatoms. The molecule has 0 bridgehead atoms. The quantitative estimate of drug-likeness (QED) is 0.716. The highest BCUT2D eigenvalue weighted by molar-refractivity contribution is 9.13. The van der Waals surface area contributed by atoms with Gasteiger partial charge in [-0.1, -0.05) is 33.8 Å². The molecule has 18 heavy (non-hydrogen) atoms. The molecule has 0 atom stereocenters. The SMILES string of the molecule is CC(C)C(CNCc1ccc(Br)c(Br)c1)C(C)C. The fraction of sp³-hybridized carbons (Fsp3) is 0.600. The van der Waals surface area contributed by atoms with Crippen molar-refractivity contribution in [1.82, 2.24) is 5.32 Å². The third-order valence-electron chi connectivity index (χ3n) is 3.41. The van der Waals surface area contributed by atoms with Gasteiger partial charge in [0.1, 0.15) is 0 Å². The van der Waals surface area contributed by atoms with Gasteiger partial charge in [-0.25, -0.2) is 0 Å². The van der Waals surface area contributed by atoms with E-state index in [0.29, 0.717) is 0 Å². The number of hydrogen-bond donors (Lipinski definition) is 1. The molecule has 0 fully saturated rings. The van der Waals surface area contributed by atoms with Gasteiger partial charge >= 0.3 is 0 Å². The fourth-order valence-corrected chi connectivity index (χ4v) is 2.95. The molecular formula is C15H23Br2N. The van der Waals surface area contributed by atoms with E-state index in [-0.39, 0.29) is 0 Å². The molecule has 0 aliphatic carbocycles. The van der Waals surface area contributed by atoms with Crippen LogP contribution in [-0.2, 0) is 6.54 Å². The Labute approximate surface area is 128 Å². The minimum absolute atomic E-state index is 0.731. The van der Waals surface area contributed by atoms with E-state index in [1.807, 2.05) is 0 Å². The number of rotatable bonds is 6. The smallest absolute Gasteiger partial charge is 0.0320 e. The Morgan fingerprint density at radius 1 is 1.00 bits per heavy atom. The van der Waals surface area contributed by atoms with Crippen LogP contribution in [0.2, 0.25) is 0 Å². The van der Waals surface area contributed by atoms with Crippen LogP contribution >= 0.6 is 31.9 Å². The van der Waals surface area contributed by atoms with Crippen LogP contribution in [0.3, 0.4) is 0 Å². The van der Waals surface area contributed by atoms with Gasteiger partial charge in [-0.15, -0.1) is 0 Å². The van der Waals surface area contributed by atoms with Crippen molar-refractivity contribution in [3.63, 3.8) is 0 Å². The minimum Gasteiger partial charge on any atom is -0.312 e. The average Bonchev–Trinajstić information content (AvgIpc) is 2.28. The van der Waals surface area contributed by atoms with Crippen LogP contribution < -0.4 is 5.32 Å². The molecule has 0 aromatic heterocycles. The second kappa shape index (κ2) is 7.66. The summed E-state index contributed by atoms with van der Waals surface area (Å²) in [5.41, 5.74) is 1.32. The van der Waals surface area contributed by atoms with E-state index in [0.717, 1.165) is 39.8 Å². The van der Waals surface area contributed by atoms with Crippen molar-refractivity contribution >= 4 is 31.9 Å². The Kier molecular flexibility index (Phi) is 6.89. The summed E-state index contributed by atoms with van der Waals surface area (Å²) in [7, 11) is 0. The maximum absolute atomic E-state index is 3.57. The van der Waals surface area contributed by atoms with Crippen LogP contribution in [0, 0.1) is 17.8 Å². The Hall–Kier alpha value is 0.140. The molecule has 0 unspecified atom stereocenters. The summed E-state index contributed by atoms with van der Waals surface area (Å²) in [6.07, 6.45) is 0. The van der Waals surface area contributed by atoms with Crippen LogP contribution in [0.15, 0.2) is 27.1 Å². The van der Waals surface area contributed by atoms with E-state index >= 15 is 0 Å². The van der Waals surface area contributed by atoms with Gasteiger partial charge in [0.05, 0.1) is 0 Å². The Morgan fingerprint density at radius 3 is 2.11 bits per heavy atom. The van der Waals surface area contributed by atoms with Gasteiger partial charge in [0.15, 0.2) is 0 Å². The van der Waals surface area contributed by atoms with E-state index in [1.165, 1.54) is 5.56 Å². The first kappa shape index (κ1) is 16.2. The van der Waals surface area contributed by atoms with E-state index < -0.39 is 0 Å². The molecule has 1 aromatic rings. The van der Waals surface area contributed by atoms with E-state index in [2.05, 4.69) is 83.1 Å². The van der Waals surface area contributed by atoms with Crippen molar-refractivity contribution in [1.29, 1.82) is 0 Å². The molecule has 0 amide bonds. The summed E-state index contributed by atoms with van der Waals surface area (Å²) in [4.78, 5) is 0. The number of nitrogens with one attached hydrogen (secondary N) is 1. The molecule has 1 N–H and O–H groups in total. The molecule has 1 rings (SSSR count). The molecule has 0 heterocycles. The summed E-state index contributed by atoms with van der Waals surface area (Å²) in [5.74, 6) is 2.20. The second-order valence-electron chi connectivity index (χ2n) is 5.53. The molecule has 0 saturated heterocycles. The third kappa shape index (κ3) is 5.02. The summed E-state index contributed by atoms with van der Waals surface area (Å²) in [6, 6.07) is 6.40. The van der Waals surface area contributed by atoms with Crippen LogP contribution in [0.5, 0.6) is 0 Å². The zero-order chi connectivity index (χ0) is 13.7. The summed E-state index contributed by atoms with van der Waals surface area (Å²) in [5, 5.41) is 3.57. The molecule has 0 saturated carbocycles. The zero-order valence-corrected chi connectivity index (χ0v) is 14.8. The fourth-order valence-electron chi connectivity index (χ4n) is 2.27. The number of hydrogen-bond acceptors (Lipinski definition) is 1. The Bertz CT molecular complexity index is 367. The average molecular weight is 377 g/mol. The minimum atomic E-state index is 0.731. The van der Waals surface area contributed by atoms with Gasteiger partial charge < -0.3 is 5.32 Å². The largest absolute Gasteiger partial charge is 0.312 e. The second-order valence-corrected chi connectivity index (χ2v) is 7.24. The predicted octanol–water partition coefficient (Wildman–Crippen LogP) is 5.23. The number of benzene rings is 1. The highest BCUT2D eigenvalue weighted by atomic mass is 79.9. The van der Waals surface area contributed by atoms with Crippen molar-refractivity contribution in [3.05, 3.63) is 32.7 Å². The van der Waals surface area contributed by atoms with Crippen LogP contribution in [0.4, 0.5) is 0 Å². The molecule has 0 spiro atoms. The standard InChI is InChI=1S/C15H23Br2N/c1-10(2)13(11(3)4)9-18-8-12-5-6-14(16)15(17)7-12/h5-7,10-11,13,18H,8-9H2,1-4H3. The molecule has 1 nitrogen and oxygen atoms in total. The molecular weight excluding hydrogens is 354 g/mol. The van der Waals surface area contributed by atoms with Crippen molar-refractivity contribution in [2.75, 3.05) is 6.54 Å². The first-order chi connectivity index (χ1) is 8.41. The van der Waals surface area contributed by atoms with Crippen molar-refractivity contribution < 1.29 is 0 Å². The van der Waals surface area contributed by atoms with Gasteiger partial charge in [-0.05, 0) is 73.9 Å². The summed E-state index contributed by atoms with van der Waals surface area (Å²) >= 11 is 7.03. The molecule has 0 aliphatic rings. The van der Waals surface area contributed by atoms with E-state index in [4.69, 9.17) is 0 Å². The van der Waals surface area contributed by atoms with Crippen molar-refractivity contribution in [2.45, 2.75) is 34.2 Å². The van der Waals surface area contributed by atoms with Crippen LogP contribution in [0.1, 0.15) is 33.3 Å². The molecule has 0 radical (unpaired) electrons. The number of halogens is 2. The van der Waals surface area contributed by atoms with Gasteiger partial charge in [0.25, 0.3) is 0 Å². The zero-order valence-electron chi connectivity index (χ0n) is 11.6. The van der Waals surface area contributed by atoms with Crippen molar-refractivity contribution in [2.24, 2.45) is 17.8 Å². The maximum atomic E-state index is 3.57. The molecule has 0 aliphatic heterocycles. The molecule has 1 aromatic carbocycles. The van der Waals surface area contributed by atoms with Gasteiger partial charge in [-0.2, -0.15) is 0 Å². The van der Waals surface area contributed by atoms with Gasteiger partial charge in [0, 0.05) is 15.5 Å². The normalized spacial score (nSPS) is 11.8. The topological polar surface area (TPSA) is 12.0 Å². The predicted molar refractivity (Wildman–Crippen MR) is 86.7 cm³/mol. The Balaban J connectivity index is 2.47. The van der Waals surface area contributed by atoms with Gasteiger partial charge in [-0.3, -0.25) is 0 Å². The lowest BCUT2D eigenvalue weighted by Crippen LogP contribution is -2.29. The van der Waals surface area contributed by atoms with Crippen LogP contribution in [0.25, 0.3) is 0 Å². The Morgan fingerprint density at radius 2 is 1.61 bits per heavy atom. The van der Waals surface area contributed by atoms with E-state index in [9.17, 15) is 0 Å². The lowest BCUT2D eigenvalue weighted by molar-refractivity contribution is 0.275. The first-order valence-electron chi connectivity index (χ1n) is 6.56. The summed E-state index contributed by atoms with van der Waals surface area (Å²) in [6.45, 7) is 11.3. The highest BCUT2D eigenvalue weighted by Gasteiger charge is 2.16. The van der Waals surface area contributed by atoms with Crippen LogP contribution in [-0.4, -0.2) is 6.54 Å². The highest BCUT2D eigenvalue weighted by Crippen LogP contribution is 2.24. The lowest BCUT2D eigenvalue weighted by atomic mass is 9.85. The summed E-state index contributed by atoms with van der Waals surface area (Å²) < 4.78 is 2.22. The lowest BCUT2D eigenvalue weighted by Gasteiger charge is -2.25. The third-order valence-corrected chi connectivity index (χ3v) is 5.29. The monoisotopic (exact) mass is 375 g/mol. The van der Waals surface area contributed by atoms with Crippen molar-refractivity contribution in [3.8, 4) is 0 Å². The van der Waals surface area contributed by atoms with E-state index in [1.54, 1.807) is 0 Å². The van der Waals surface area contributed by atoms with Gasteiger partial charge in [0.2, 0.25) is 0 Å². The molecule has 102 valence electrons.